The smallest absolute Gasteiger partial charge is 0.234 e. The molecular formula is C18H21N3OS. The van der Waals surface area contributed by atoms with Crippen molar-refractivity contribution in [3.05, 3.63) is 66.0 Å². The van der Waals surface area contributed by atoms with E-state index in [1.807, 2.05) is 36.0 Å². The predicted octanol–water partition coefficient (Wildman–Crippen LogP) is 2.49. The van der Waals surface area contributed by atoms with Crippen molar-refractivity contribution >= 4 is 17.7 Å². The third-order valence-corrected chi connectivity index (χ3v) is 5.12. The highest BCUT2D eigenvalue weighted by Gasteiger charge is 2.23. The largest absolute Gasteiger partial charge is 0.349 e. The van der Waals surface area contributed by atoms with Gasteiger partial charge in [-0.2, -0.15) is 11.8 Å². The van der Waals surface area contributed by atoms with Crippen LogP contribution in [0.2, 0.25) is 0 Å². The van der Waals surface area contributed by atoms with Crippen LogP contribution in [-0.2, 0) is 11.3 Å². The number of nitrogens with zero attached hydrogens (tertiary/aromatic N) is 2. The summed E-state index contributed by atoms with van der Waals surface area (Å²) in [5.74, 6) is 1.13. The van der Waals surface area contributed by atoms with Gasteiger partial charge >= 0.3 is 0 Å². The number of hydrogen-bond acceptors (Lipinski definition) is 4. The Bertz CT molecular complexity index is 621. The minimum atomic E-state index is 0.0642. The Morgan fingerprint density at radius 1 is 1.22 bits per heavy atom. The fourth-order valence-electron chi connectivity index (χ4n) is 2.67. The minimum absolute atomic E-state index is 0.0642. The molecule has 5 heteroatoms. The number of amides is 1. The summed E-state index contributed by atoms with van der Waals surface area (Å²) < 4.78 is 0. The van der Waals surface area contributed by atoms with E-state index in [1.165, 1.54) is 5.56 Å². The molecule has 0 spiro atoms. The van der Waals surface area contributed by atoms with Crippen LogP contribution >= 0.6 is 11.8 Å². The Morgan fingerprint density at radius 3 is 2.83 bits per heavy atom. The fraction of sp³-hybridized carbons (Fsp3) is 0.333. The molecule has 23 heavy (non-hydrogen) atoms. The molecule has 1 atom stereocenters. The monoisotopic (exact) mass is 327 g/mol. The average Bonchev–Trinajstić information content (AvgIpc) is 2.62. The predicted molar refractivity (Wildman–Crippen MR) is 94.2 cm³/mol. The Balaban J connectivity index is 1.48. The summed E-state index contributed by atoms with van der Waals surface area (Å²) in [7, 11) is 0. The highest BCUT2D eigenvalue weighted by molar-refractivity contribution is 7.99. The van der Waals surface area contributed by atoms with Crippen LogP contribution in [0.25, 0.3) is 0 Å². The van der Waals surface area contributed by atoms with E-state index in [0.717, 1.165) is 24.5 Å². The van der Waals surface area contributed by atoms with Crippen molar-refractivity contribution in [2.45, 2.75) is 11.8 Å². The van der Waals surface area contributed by atoms with Crippen LogP contribution in [0.1, 0.15) is 16.5 Å². The van der Waals surface area contributed by atoms with Crippen LogP contribution in [0, 0.1) is 0 Å². The minimum Gasteiger partial charge on any atom is -0.349 e. The highest BCUT2D eigenvalue weighted by atomic mass is 32.2. The van der Waals surface area contributed by atoms with Gasteiger partial charge in [0.1, 0.15) is 0 Å². The molecule has 1 amide bonds. The first-order chi connectivity index (χ1) is 11.3. The van der Waals surface area contributed by atoms with Gasteiger partial charge in [-0.05, 0) is 17.7 Å². The number of nitrogens with one attached hydrogen (secondary N) is 1. The number of aromatic nitrogens is 1. The molecule has 1 unspecified atom stereocenters. The van der Waals surface area contributed by atoms with Crippen molar-refractivity contribution in [3.8, 4) is 0 Å². The Morgan fingerprint density at radius 2 is 2.04 bits per heavy atom. The lowest BCUT2D eigenvalue weighted by atomic mass is 10.1. The van der Waals surface area contributed by atoms with E-state index in [4.69, 9.17) is 0 Å². The molecule has 0 saturated carbocycles. The molecule has 120 valence electrons. The lowest BCUT2D eigenvalue weighted by Gasteiger charge is -2.32. The maximum Gasteiger partial charge on any atom is 0.234 e. The SMILES string of the molecule is O=C(CN1CCSC(c2ccccc2)C1)NCc1ccccn1. The third-order valence-electron chi connectivity index (χ3n) is 3.88. The second-order valence-electron chi connectivity index (χ2n) is 5.60. The van der Waals surface area contributed by atoms with E-state index in [-0.39, 0.29) is 5.91 Å². The summed E-state index contributed by atoms with van der Waals surface area (Å²) >= 11 is 1.97. The Kier molecular flexibility index (Phi) is 5.66. The number of rotatable bonds is 5. The highest BCUT2D eigenvalue weighted by Crippen LogP contribution is 2.32. The maximum atomic E-state index is 12.1. The molecule has 1 aliphatic heterocycles. The van der Waals surface area contributed by atoms with Crippen molar-refractivity contribution in [1.29, 1.82) is 0 Å². The lowest BCUT2D eigenvalue weighted by molar-refractivity contribution is -0.122. The van der Waals surface area contributed by atoms with Crippen LogP contribution in [-0.4, -0.2) is 41.2 Å². The van der Waals surface area contributed by atoms with Gasteiger partial charge in [-0.15, -0.1) is 0 Å². The number of carbonyl (C=O) groups is 1. The van der Waals surface area contributed by atoms with Gasteiger partial charge in [-0.1, -0.05) is 36.4 Å². The lowest BCUT2D eigenvalue weighted by Crippen LogP contribution is -2.42. The molecule has 1 saturated heterocycles. The van der Waals surface area contributed by atoms with E-state index in [0.29, 0.717) is 18.3 Å². The molecule has 1 N–H and O–H groups in total. The van der Waals surface area contributed by atoms with Crippen LogP contribution in [0.15, 0.2) is 54.7 Å². The quantitative estimate of drug-likeness (QED) is 0.916. The number of pyridine rings is 1. The molecule has 0 aliphatic carbocycles. The first-order valence-corrected chi connectivity index (χ1v) is 8.91. The topological polar surface area (TPSA) is 45.2 Å². The first kappa shape index (κ1) is 16.0. The molecule has 1 fully saturated rings. The summed E-state index contributed by atoms with van der Waals surface area (Å²) in [5.41, 5.74) is 2.23. The van der Waals surface area contributed by atoms with E-state index in [9.17, 15) is 4.79 Å². The maximum absolute atomic E-state index is 12.1. The summed E-state index contributed by atoms with van der Waals surface area (Å²) in [6.45, 7) is 2.83. The van der Waals surface area contributed by atoms with Crippen LogP contribution in [0.4, 0.5) is 0 Å². The zero-order chi connectivity index (χ0) is 15.9. The summed E-state index contributed by atoms with van der Waals surface area (Å²) in [4.78, 5) is 18.6. The molecule has 0 radical (unpaired) electrons. The van der Waals surface area contributed by atoms with Crippen LogP contribution in [0.5, 0.6) is 0 Å². The van der Waals surface area contributed by atoms with Gasteiger partial charge in [0, 0.05) is 30.3 Å². The number of benzene rings is 1. The van der Waals surface area contributed by atoms with Crippen molar-refractivity contribution in [1.82, 2.24) is 15.2 Å². The van der Waals surface area contributed by atoms with Crippen molar-refractivity contribution in [2.75, 3.05) is 25.4 Å². The second-order valence-corrected chi connectivity index (χ2v) is 6.91. The van der Waals surface area contributed by atoms with Crippen molar-refractivity contribution < 1.29 is 4.79 Å². The molecule has 2 heterocycles. The van der Waals surface area contributed by atoms with E-state index >= 15 is 0 Å². The summed E-state index contributed by atoms with van der Waals surface area (Å²) in [6, 6.07) is 16.3. The van der Waals surface area contributed by atoms with Crippen LogP contribution in [0.3, 0.4) is 0 Å². The van der Waals surface area contributed by atoms with Gasteiger partial charge in [0.15, 0.2) is 0 Å². The summed E-state index contributed by atoms with van der Waals surface area (Å²) in [5, 5.41) is 3.40. The number of carbonyl (C=O) groups excluding carboxylic acids is 1. The Hall–Kier alpha value is -1.85. The van der Waals surface area contributed by atoms with Gasteiger partial charge < -0.3 is 5.32 Å². The number of thioether (sulfide) groups is 1. The average molecular weight is 327 g/mol. The zero-order valence-corrected chi connectivity index (χ0v) is 13.8. The molecule has 1 aromatic heterocycles. The molecule has 2 aromatic rings. The van der Waals surface area contributed by atoms with Crippen molar-refractivity contribution in [2.24, 2.45) is 0 Å². The molecular weight excluding hydrogens is 306 g/mol. The molecule has 3 rings (SSSR count). The van der Waals surface area contributed by atoms with Crippen molar-refractivity contribution in [3.63, 3.8) is 0 Å². The second kappa shape index (κ2) is 8.13. The first-order valence-electron chi connectivity index (χ1n) is 7.87. The van der Waals surface area contributed by atoms with E-state index in [2.05, 4.69) is 39.5 Å². The van der Waals surface area contributed by atoms with Crippen LogP contribution < -0.4 is 5.32 Å². The van der Waals surface area contributed by atoms with Gasteiger partial charge in [0.2, 0.25) is 5.91 Å². The molecule has 1 aliphatic rings. The van der Waals surface area contributed by atoms with Gasteiger partial charge in [-0.3, -0.25) is 14.7 Å². The third kappa shape index (κ3) is 4.81. The van der Waals surface area contributed by atoms with Gasteiger partial charge in [0.25, 0.3) is 0 Å². The van der Waals surface area contributed by atoms with Gasteiger partial charge in [0.05, 0.1) is 18.8 Å². The molecule has 4 nitrogen and oxygen atoms in total. The Labute approximate surface area is 141 Å². The van der Waals surface area contributed by atoms with E-state index in [1.54, 1.807) is 6.20 Å². The zero-order valence-electron chi connectivity index (χ0n) is 13.0. The van der Waals surface area contributed by atoms with E-state index < -0.39 is 0 Å². The normalized spacial score (nSPS) is 18.5. The standard InChI is InChI=1S/C18H21N3OS/c22-18(20-12-16-8-4-5-9-19-16)14-21-10-11-23-17(13-21)15-6-2-1-3-7-15/h1-9,17H,10-14H2,(H,20,22). The number of hydrogen-bond donors (Lipinski definition) is 1. The molecule has 1 aromatic carbocycles. The molecule has 0 bridgehead atoms. The van der Waals surface area contributed by atoms with Gasteiger partial charge in [-0.25, -0.2) is 0 Å². The summed E-state index contributed by atoms with van der Waals surface area (Å²) in [6.07, 6.45) is 1.74. The fourth-order valence-corrected chi connectivity index (χ4v) is 3.98.